The molecule has 0 saturated carbocycles. The molecule has 32 heavy (non-hydrogen) atoms. The van der Waals surface area contributed by atoms with E-state index in [0.717, 1.165) is 22.3 Å². The van der Waals surface area contributed by atoms with Gasteiger partial charge in [-0.1, -0.05) is 84.9 Å². The van der Waals surface area contributed by atoms with Gasteiger partial charge in [-0.3, -0.25) is 9.59 Å². The number of nitrogens with one attached hydrogen (secondary N) is 1. The molecule has 0 saturated heterocycles. The minimum Gasteiger partial charge on any atom is -0.352 e. The molecule has 3 aromatic rings. The summed E-state index contributed by atoms with van der Waals surface area (Å²) >= 11 is 0. The van der Waals surface area contributed by atoms with E-state index in [1.807, 2.05) is 106 Å². The Morgan fingerprint density at radius 2 is 1.38 bits per heavy atom. The number of aryl methyl sites for hydroxylation is 1. The molecular formula is C28H32N2O2. The second-order valence-electron chi connectivity index (χ2n) is 8.48. The average Bonchev–Trinajstić information content (AvgIpc) is 2.78. The normalized spacial score (nSPS) is 11.8. The van der Waals surface area contributed by atoms with Crippen molar-refractivity contribution in [2.24, 2.45) is 0 Å². The summed E-state index contributed by atoms with van der Waals surface area (Å²) in [5.41, 5.74) is 4.09. The number of hydrogen-bond donors (Lipinski definition) is 1. The van der Waals surface area contributed by atoms with Crippen molar-refractivity contribution < 1.29 is 9.59 Å². The van der Waals surface area contributed by atoms with E-state index >= 15 is 0 Å². The Kier molecular flexibility index (Phi) is 8.20. The van der Waals surface area contributed by atoms with E-state index in [4.69, 9.17) is 0 Å². The van der Waals surface area contributed by atoms with Gasteiger partial charge in [0.2, 0.25) is 11.8 Å². The first-order chi connectivity index (χ1) is 15.4. The van der Waals surface area contributed by atoms with E-state index < -0.39 is 6.04 Å². The molecule has 0 aliphatic heterocycles. The maximum absolute atomic E-state index is 13.6. The fourth-order valence-electron chi connectivity index (χ4n) is 3.79. The van der Waals surface area contributed by atoms with Crippen molar-refractivity contribution in [2.75, 3.05) is 0 Å². The highest BCUT2D eigenvalue weighted by atomic mass is 16.2. The lowest BCUT2D eigenvalue weighted by molar-refractivity contribution is -0.141. The van der Waals surface area contributed by atoms with Crippen LogP contribution in [0.1, 0.15) is 36.1 Å². The van der Waals surface area contributed by atoms with Gasteiger partial charge in [0.25, 0.3) is 0 Å². The zero-order valence-electron chi connectivity index (χ0n) is 19.1. The van der Waals surface area contributed by atoms with Gasteiger partial charge in [0.15, 0.2) is 0 Å². The van der Waals surface area contributed by atoms with Gasteiger partial charge in [0.05, 0.1) is 6.42 Å². The van der Waals surface area contributed by atoms with Crippen molar-refractivity contribution in [3.63, 3.8) is 0 Å². The van der Waals surface area contributed by atoms with E-state index in [9.17, 15) is 9.59 Å². The highest BCUT2D eigenvalue weighted by molar-refractivity contribution is 5.89. The van der Waals surface area contributed by atoms with Crippen LogP contribution in [-0.4, -0.2) is 28.8 Å². The molecule has 0 aliphatic carbocycles. The van der Waals surface area contributed by atoms with E-state index in [2.05, 4.69) is 5.32 Å². The molecule has 0 spiro atoms. The fraction of sp³-hybridized carbons (Fsp3) is 0.286. The number of nitrogens with zero attached hydrogens (tertiary/aromatic N) is 1. The smallest absolute Gasteiger partial charge is 0.243 e. The van der Waals surface area contributed by atoms with Crippen molar-refractivity contribution in [3.8, 4) is 0 Å². The molecule has 1 atom stereocenters. The Morgan fingerprint density at radius 3 is 1.97 bits per heavy atom. The first kappa shape index (κ1) is 23.3. The van der Waals surface area contributed by atoms with Crippen LogP contribution in [-0.2, 0) is 29.0 Å². The number of carbonyl (C=O) groups is 2. The quantitative estimate of drug-likeness (QED) is 0.537. The lowest BCUT2D eigenvalue weighted by Gasteiger charge is -2.32. The SMILES string of the molecule is Cc1ccccc1CC(=O)N(Cc1ccccc1)[C@H](Cc1ccccc1)C(=O)NC(C)C. The molecule has 3 aromatic carbocycles. The molecule has 3 rings (SSSR count). The van der Waals surface area contributed by atoms with Gasteiger partial charge >= 0.3 is 0 Å². The summed E-state index contributed by atoms with van der Waals surface area (Å²) in [4.78, 5) is 28.7. The molecule has 0 fully saturated rings. The van der Waals surface area contributed by atoms with E-state index in [1.165, 1.54) is 0 Å². The van der Waals surface area contributed by atoms with Gasteiger partial charge in [0, 0.05) is 19.0 Å². The van der Waals surface area contributed by atoms with E-state index in [1.54, 1.807) is 4.90 Å². The molecule has 4 nitrogen and oxygen atoms in total. The van der Waals surface area contributed by atoms with Gasteiger partial charge in [-0.2, -0.15) is 0 Å². The summed E-state index contributed by atoms with van der Waals surface area (Å²) in [5.74, 6) is -0.180. The summed E-state index contributed by atoms with van der Waals surface area (Å²) in [6, 6.07) is 27.0. The molecule has 166 valence electrons. The van der Waals surface area contributed by atoms with Crippen LogP contribution in [0.15, 0.2) is 84.9 Å². The summed E-state index contributed by atoms with van der Waals surface area (Å²) in [7, 11) is 0. The Morgan fingerprint density at radius 1 is 0.812 bits per heavy atom. The standard InChI is InChI=1S/C28H32N2O2/c1-21(2)29-28(32)26(18-23-13-6-4-7-14-23)30(20-24-15-8-5-9-16-24)27(31)19-25-17-11-10-12-22(25)3/h4-17,21,26H,18-20H2,1-3H3,(H,29,32)/t26-/m1/s1. The predicted molar refractivity (Wildman–Crippen MR) is 129 cm³/mol. The molecule has 0 radical (unpaired) electrons. The number of hydrogen-bond acceptors (Lipinski definition) is 2. The highest BCUT2D eigenvalue weighted by Crippen LogP contribution is 2.18. The van der Waals surface area contributed by atoms with Crippen molar-refractivity contribution in [1.82, 2.24) is 10.2 Å². The molecule has 0 heterocycles. The zero-order valence-corrected chi connectivity index (χ0v) is 19.1. The maximum atomic E-state index is 13.6. The summed E-state index contributed by atoms with van der Waals surface area (Å²) in [6.45, 7) is 6.27. The van der Waals surface area contributed by atoms with Crippen LogP contribution >= 0.6 is 0 Å². The van der Waals surface area contributed by atoms with Gasteiger partial charge in [0.1, 0.15) is 6.04 Å². The molecular weight excluding hydrogens is 396 g/mol. The third-order valence-corrected chi connectivity index (χ3v) is 5.50. The average molecular weight is 429 g/mol. The summed E-state index contributed by atoms with van der Waals surface area (Å²) in [6.07, 6.45) is 0.728. The highest BCUT2D eigenvalue weighted by Gasteiger charge is 2.30. The molecule has 0 bridgehead atoms. The molecule has 2 amide bonds. The third kappa shape index (κ3) is 6.55. The fourth-order valence-corrected chi connectivity index (χ4v) is 3.79. The first-order valence-corrected chi connectivity index (χ1v) is 11.2. The van der Waals surface area contributed by atoms with Gasteiger partial charge < -0.3 is 10.2 Å². The van der Waals surface area contributed by atoms with Crippen molar-refractivity contribution in [2.45, 2.75) is 52.2 Å². The van der Waals surface area contributed by atoms with Crippen LogP contribution in [0.25, 0.3) is 0 Å². The number of rotatable bonds is 9. The second-order valence-corrected chi connectivity index (χ2v) is 8.48. The topological polar surface area (TPSA) is 49.4 Å². The largest absolute Gasteiger partial charge is 0.352 e. The van der Waals surface area contributed by atoms with Crippen LogP contribution in [0.4, 0.5) is 0 Å². The first-order valence-electron chi connectivity index (χ1n) is 11.2. The van der Waals surface area contributed by atoms with E-state index in [0.29, 0.717) is 13.0 Å². The summed E-state index contributed by atoms with van der Waals surface area (Å²) in [5, 5.41) is 3.03. The number of carbonyl (C=O) groups excluding carboxylic acids is 2. The lowest BCUT2D eigenvalue weighted by Crippen LogP contribution is -2.52. The van der Waals surface area contributed by atoms with Crippen LogP contribution in [0.2, 0.25) is 0 Å². The number of amides is 2. The monoisotopic (exact) mass is 428 g/mol. The van der Waals surface area contributed by atoms with Crippen molar-refractivity contribution >= 4 is 11.8 Å². The Balaban J connectivity index is 1.96. The van der Waals surface area contributed by atoms with Crippen molar-refractivity contribution in [3.05, 3.63) is 107 Å². The Hall–Kier alpha value is -3.40. The van der Waals surface area contributed by atoms with Crippen LogP contribution in [0, 0.1) is 6.92 Å². The molecule has 1 N–H and O–H groups in total. The minimum atomic E-state index is -0.600. The van der Waals surface area contributed by atoms with Crippen LogP contribution in [0.3, 0.4) is 0 Å². The molecule has 4 heteroatoms. The lowest BCUT2D eigenvalue weighted by atomic mass is 10.00. The summed E-state index contributed by atoms with van der Waals surface area (Å²) < 4.78 is 0. The van der Waals surface area contributed by atoms with Crippen LogP contribution in [0.5, 0.6) is 0 Å². The zero-order chi connectivity index (χ0) is 22.9. The van der Waals surface area contributed by atoms with E-state index in [-0.39, 0.29) is 24.3 Å². The Labute approximate surface area is 191 Å². The molecule has 0 aliphatic rings. The van der Waals surface area contributed by atoms with Gasteiger partial charge in [-0.15, -0.1) is 0 Å². The molecule has 0 aromatic heterocycles. The van der Waals surface area contributed by atoms with Crippen LogP contribution < -0.4 is 5.32 Å². The predicted octanol–water partition coefficient (Wildman–Crippen LogP) is 4.70. The number of benzene rings is 3. The maximum Gasteiger partial charge on any atom is 0.243 e. The van der Waals surface area contributed by atoms with Gasteiger partial charge in [-0.05, 0) is 43.0 Å². The molecule has 0 unspecified atom stereocenters. The third-order valence-electron chi connectivity index (χ3n) is 5.50. The second kappa shape index (κ2) is 11.3. The minimum absolute atomic E-state index is 0.00850. The Bertz CT molecular complexity index is 1020. The van der Waals surface area contributed by atoms with Crippen molar-refractivity contribution in [1.29, 1.82) is 0 Å². The van der Waals surface area contributed by atoms with Gasteiger partial charge in [-0.25, -0.2) is 0 Å².